The maximum atomic E-state index is 12.6. The largest absolute Gasteiger partial charge is 0.340 e. The van der Waals surface area contributed by atoms with Crippen LogP contribution in [0.5, 0.6) is 0 Å². The third-order valence-electron chi connectivity index (χ3n) is 5.43. The first-order chi connectivity index (χ1) is 14.2. The van der Waals surface area contributed by atoms with Crippen molar-refractivity contribution in [1.29, 1.82) is 0 Å². The van der Waals surface area contributed by atoms with E-state index in [-0.39, 0.29) is 5.91 Å². The number of aromatic nitrogens is 2. The van der Waals surface area contributed by atoms with E-state index in [4.69, 9.17) is 4.52 Å². The zero-order chi connectivity index (χ0) is 20.1. The van der Waals surface area contributed by atoms with Gasteiger partial charge in [-0.1, -0.05) is 59.8 Å². The maximum absolute atomic E-state index is 12.6. The second kappa shape index (κ2) is 9.01. The van der Waals surface area contributed by atoms with Crippen LogP contribution in [-0.4, -0.2) is 52.0 Å². The van der Waals surface area contributed by atoms with E-state index >= 15 is 0 Å². The van der Waals surface area contributed by atoms with Crippen LogP contribution in [0.25, 0.3) is 11.4 Å². The minimum Gasteiger partial charge on any atom is -0.340 e. The van der Waals surface area contributed by atoms with Gasteiger partial charge in [0.15, 0.2) is 0 Å². The molecule has 1 aliphatic heterocycles. The Balaban J connectivity index is 1.24. The van der Waals surface area contributed by atoms with Crippen molar-refractivity contribution in [3.05, 3.63) is 71.6 Å². The molecule has 6 heteroatoms. The van der Waals surface area contributed by atoms with Gasteiger partial charge in [0.05, 0.1) is 0 Å². The first-order valence-corrected chi connectivity index (χ1v) is 10.1. The first-order valence-electron chi connectivity index (χ1n) is 10.1. The molecule has 0 unspecified atom stereocenters. The second-order valence-corrected chi connectivity index (χ2v) is 7.46. The van der Waals surface area contributed by atoms with E-state index in [0.29, 0.717) is 24.6 Å². The number of amides is 1. The summed E-state index contributed by atoms with van der Waals surface area (Å²) in [7, 11) is 0. The predicted octanol–water partition coefficient (Wildman–Crippen LogP) is 3.32. The molecule has 3 aromatic rings. The normalized spacial score (nSPS) is 14.9. The van der Waals surface area contributed by atoms with Gasteiger partial charge in [0.1, 0.15) is 0 Å². The highest BCUT2D eigenvalue weighted by Gasteiger charge is 2.22. The number of carbonyl (C=O) groups excluding carboxylic acids is 1. The number of hydrogen-bond donors (Lipinski definition) is 0. The fourth-order valence-electron chi connectivity index (χ4n) is 3.62. The van der Waals surface area contributed by atoms with Crippen LogP contribution in [0.1, 0.15) is 23.4 Å². The van der Waals surface area contributed by atoms with Crippen molar-refractivity contribution in [3.63, 3.8) is 0 Å². The molecule has 1 aromatic heterocycles. The van der Waals surface area contributed by atoms with Gasteiger partial charge < -0.3 is 9.42 Å². The quantitative estimate of drug-likeness (QED) is 0.646. The highest BCUT2D eigenvalue weighted by atomic mass is 16.5. The van der Waals surface area contributed by atoms with Crippen LogP contribution in [0, 0.1) is 6.92 Å². The van der Waals surface area contributed by atoms with E-state index in [1.807, 2.05) is 35.2 Å². The molecule has 0 bridgehead atoms. The number of hydrogen-bond acceptors (Lipinski definition) is 5. The third kappa shape index (κ3) is 4.90. The van der Waals surface area contributed by atoms with Crippen LogP contribution in [0.3, 0.4) is 0 Å². The topological polar surface area (TPSA) is 62.5 Å². The Morgan fingerprint density at radius 3 is 2.48 bits per heavy atom. The molecule has 1 aliphatic rings. The molecule has 2 aromatic carbocycles. The summed E-state index contributed by atoms with van der Waals surface area (Å²) in [5, 5.41) is 4.02. The maximum Gasteiger partial charge on any atom is 0.227 e. The number of benzene rings is 2. The molecule has 0 saturated carbocycles. The van der Waals surface area contributed by atoms with E-state index < -0.39 is 0 Å². The summed E-state index contributed by atoms with van der Waals surface area (Å²) < 4.78 is 5.31. The lowest BCUT2D eigenvalue weighted by Crippen LogP contribution is -2.48. The summed E-state index contributed by atoms with van der Waals surface area (Å²) >= 11 is 0. The van der Waals surface area contributed by atoms with Gasteiger partial charge in [-0.05, 0) is 18.1 Å². The lowest BCUT2D eigenvalue weighted by Gasteiger charge is -2.35. The van der Waals surface area contributed by atoms with Gasteiger partial charge in [0.25, 0.3) is 0 Å². The Labute approximate surface area is 171 Å². The van der Waals surface area contributed by atoms with Crippen molar-refractivity contribution in [2.45, 2.75) is 26.3 Å². The van der Waals surface area contributed by atoms with Crippen LogP contribution in [-0.2, 0) is 17.8 Å². The second-order valence-electron chi connectivity index (χ2n) is 7.46. The smallest absolute Gasteiger partial charge is 0.227 e. The zero-order valence-corrected chi connectivity index (χ0v) is 16.8. The Kier molecular flexibility index (Phi) is 6.00. The predicted molar refractivity (Wildman–Crippen MR) is 111 cm³/mol. The van der Waals surface area contributed by atoms with Crippen molar-refractivity contribution in [2.75, 3.05) is 26.2 Å². The average Bonchev–Trinajstić information content (AvgIpc) is 3.24. The van der Waals surface area contributed by atoms with Gasteiger partial charge in [-0.3, -0.25) is 9.69 Å². The molecule has 4 rings (SSSR count). The fourth-order valence-corrected chi connectivity index (χ4v) is 3.62. The third-order valence-corrected chi connectivity index (χ3v) is 5.43. The van der Waals surface area contributed by atoms with Gasteiger partial charge in [0, 0.05) is 51.1 Å². The molecule has 0 aliphatic carbocycles. The Morgan fingerprint density at radius 1 is 1.00 bits per heavy atom. The molecule has 0 spiro atoms. The van der Waals surface area contributed by atoms with Crippen molar-refractivity contribution >= 4 is 5.91 Å². The van der Waals surface area contributed by atoms with Gasteiger partial charge in [-0.2, -0.15) is 4.98 Å². The molecular weight excluding hydrogens is 364 g/mol. The molecule has 29 heavy (non-hydrogen) atoms. The molecule has 0 radical (unpaired) electrons. The van der Waals surface area contributed by atoms with Gasteiger partial charge in [-0.15, -0.1) is 0 Å². The van der Waals surface area contributed by atoms with Gasteiger partial charge in [0.2, 0.25) is 17.6 Å². The number of nitrogens with zero attached hydrogens (tertiary/aromatic N) is 4. The number of rotatable bonds is 6. The van der Waals surface area contributed by atoms with Crippen LogP contribution >= 0.6 is 0 Å². The summed E-state index contributed by atoms with van der Waals surface area (Å²) in [4.78, 5) is 21.4. The van der Waals surface area contributed by atoms with Crippen LogP contribution in [0.15, 0.2) is 59.1 Å². The number of carbonyl (C=O) groups is 1. The highest BCUT2D eigenvalue weighted by molar-refractivity contribution is 5.76. The number of piperazine rings is 1. The molecule has 1 saturated heterocycles. The van der Waals surface area contributed by atoms with Crippen molar-refractivity contribution in [3.8, 4) is 11.4 Å². The Hall–Kier alpha value is -2.99. The molecule has 0 N–H and O–H groups in total. The van der Waals surface area contributed by atoms with Gasteiger partial charge in [-0.25, -0.2) is 0 Å². The van der Waals surface area contributed by atoms with Crippen LogP contribution in [0.4, 0.5) is 0 Å². The Morgan fingerprint density at radius 2 is 1.72 bits per heavy atom. The molecule has 0 atom stereocenters. The molecule has 1 fully saturated rings. The van der Waals surface area contributed by atoms with Crippen molar-refractivity contribution in [2.24, 2.45) is 0 Å². The molecule has 1 amide bonds. The summed E-state index contributed by atoms with van der Waals surface area (Å²) in [5.41, 5.74) is 3.59. The highest BCUT2D eigenvalue weighted by Crippen LogP contribution is 2.16. The zero-order valence-electron chi connectivity index (χ0n) is 16.8. The first kappa shape index (κ1) is 19.3. The minimum atomic E-state index is 0.153. The van der Waals surface area contributed by atoms with E-state index in [1.54, 1.807) is 0 Å². The molecule has 2 heterocycles. The molecule has 150 valence electrons. The average molecular weight is 390 g/mol. The minimum absolute atomic E-state index is 0.153. The van der Waals surface area contributed by atoms with Crippen LogP contribution < -0.4 is 0 Å². The summed E-state index contributed by atoms with van der Waals surface area (Å²) in [6.45, 7) is 6.43. The monoisotopic (exact) mass is 390 g/mol. The van der Waals surface area contributed by atoms with E-state index in [9.17, 15) is 4.79 Å². The molecular formula is C23H26N4O2. The lowest BCUT2D eigenvalue weighted by molar-refractivity contribution is -0.133. The standard InChI is InChI=1S/C23H26N4O2/c1-18-7-5-6-10-20(18)17-26-13-15-27(16-14-26)22(28)12-11-21-24-23(25-29-21)19-8-3-2-4-9-19/h2-10H,11-17H2,1H3. The number of aryl methyl sites for hydroxylation is 2. The fraction of sp³-hybridized carbons (Fsp3) is 0.348. The summed E-state index contributed by atoms with van der Waals surface area (Å²) in [6.07, 6.45) is 0.871. The Bertz CT molecular complexity index is 946. The van der Waals surface area contributed by atoms with Crippen molar-refractivity contribution in [1.82, 2.24) is 19.9 Å². The van der Waals surface area contributed by atoms with Crippen LogP contribution in [0.2, 0.25) is 0 Å². The van der Waals surface area contributed by atoms with E-state index in [1.165, 1.54) is 11.1 Å². The van der Waals surface area contributed by atoms with Crippen molar-refractivity contribution < 1.29 is 9.32 Å². The molecule has 6 nitrogen and oxygen atoms in total. The van der Waals surface area contributed by atoms with E-state index in [0.717, 1.165) is 38.3 Å². The summed E-state index contributed by atoms with van der Waals surface area (Å²) in [6, 6.07) is 18.2. The lowest BCUT2D eigenvalue weighted by atomic mass is 10.1. The SMILES string of the molecule is Cc1ccccc1CN1CCN(C(=O)CCc2nc(-c3ccccc3)no2)CC1. The van der Waals surface area contributed by atoms with Gasteiger partial charge >= 0.3 is 0 Å². The summed E-state index contributed by atoms with van der Waals surface area (Å²) in [5.74, 6) is 1.23. The van der Waals surface area contributed by atoms with E-state index in [2.05, 4.69) is 46.2 Å².